The van der Waals surface area contributed by atoms with Crippen molar-refractivity contribution in [3.05, 3.63) is 77.0 Å². The van der Waals surface area contributed by atoms with E-state index >= 15 is 0 Å². The minimum Gasteiger partial charge on any atom is -0.334 e. The van der Waals surface area contributed by atoms with Crippen LogP contribution >= 0.6 is 11.8 Å². The van der Waals surface area contributed by atoms with Gasteiger partial charge in [-0.15, -0.1) is 11.8 Å². The summed E-state index contributed by atoms with van der Waals surface area (Å²) in [5.74, 6) is 1.05. The number of carbonyl (C=O) groups excluding carboxylic acids is 1. The highest BCUT2D eigenvalue weighted by atomic mass is 32.2. The Bertz CT molecular complexity index is 1290. The number of pyridine rings is 1. The molecule has 35 heavy (non-hydrogen) atoms. The molecule has 5 rings (SSSR count). The molecule has 3 aromatic rings. The Morgan fingerprint density at radius 2 is 1.91 bits per heavy atom. The van der Waals surface area contributed by atoms with Crippen LogP contribution in [0.4, 0.5) is 10.5 Å². The number of urea groups is 1. The maximum Gasteiger partial charge on any atom is 0.322 e. The predicted molar refractivity (Wildman–Crippen MR) is 142 cm³/mol. The summed E-state index contributed by atoms with van der Waals surface area (Å²) in [5, 5.41) is 12.3. The van der Waals surface area contributed by atoms with Gasteiger partial charge in [0.2, 0.25) is 0 Å². The number of anilines is 1. The number of nitrogens with one attached hydrogen (secondary N) is 1. The molecular weight excluding hydrogens is 452 g/mol. The zero-order chi connectivity index (χ0) is 24.4. The maximum atomic E-state index is 13.3. The van der Waals surface area contributed by atoms with Crippen molar-refractivity contribution in [3.63, 3.8) is 0 Å². The molecule has 6 heteroatoms. The molecule has 5 nitrogen and oxygen atoms in total. The van der Waals surface area contributed by atoms with E-state index in [0.717, 1.165) is 52.4 Å². The summed E-state index contributed by atoms with van der Waals surface area (Å²) in [5.41, 5.74) is 6.63. The summed E-state index contributed by atoms with van der Waals surface area (Å²) < 4.78 is 0. The Labute approximate surface area is 211 Å². The second-order valence-corrected chi connectivity index (χ2v) is 10.9. The predicted octanol–water partition coefficient (Wildman–Crippen LogP) is 6.58. The molecule has 2 aliphatic rings. The molecule has 2 amide bonds. The molecule has 178 valence electrons. The molecule has 2 aromatic carbocycles. The van der Waals surface area contributed by atoms with E-state index in [1.54, 1.807) is 0 Å². The SMILES string of the molecule is CCSc1ccc(CNC(=O)N2CC3(CCCC3)c3nc(-c4ccc(C#N)cc4C)ccc32)cc1. The van der Waals surface area contributed by atoms with Gasteiger partial charge in [-0.2, -0.15) is 5.26 Å². The molecule has 0 radical (unpaired) electrons. The second-order valence-electron chi connectivity index (χ2n) is 9.51. The lowest BCUT2D eigenvalue weighted by atomic mass is 9.84. The Kier molecular flexibility index (Phi) is 6.53. The molecule has 0 atom stereocenters. The van der Waals surface area contributed by atoms with E-state index in [1.165, 1.54) is 17.7 Å². The molecule has 1 fully saturated rings. The van der Waals surface area contributed by atoms with Crippen LogP contribution in [-0.2, 0) is 12.0 Å². The fourth-order valence-electron chi connectivity index (χ4n) is 5.46. The van der Waals surface area contributed by atoms with Crippen molar-refractivity contribution in [2.24, 2.45) is 0 Å². The monoisotopic (exact) mass is 482 g/mol. The van der Waals surface area contributed by atoms with Crippen molar-refractivity contribution < 1.29 is 4.79 Å². The molecule has 1 N–H and O–H groups in total. The molecule has 1 aromatic heterocycles. The maximum absolute atomic E-state index is 13.3. The van der Waals surface area contributed by atoms with E-state index in [1.807, 2.05) is 47.9 Å². The first-order valence-corrected chi connectivity index (χ1v) is 13.3. The summed E-state index contributed by atoms with van der Waals surface area (Å²) >= 11 is 1.82. The zero-order valence-electron chi connectivity index (χ0n) is 20.3. The number of fused-ring (bicyclic) bond motifs is 2. The minimum atomic E-state index is -0.0673. The molecule has 1 saturated carbocycles. The zero-order valence-corrected chi connectivity index (χ0v) is 21.1. The lowest BCUT2D eigenvalue weighted by molar-refractivity contribution is 0.245. The third-order valence-electron chi connectivity index (χ3n) is 7.24. The number of amides is 2. The highest BCUT2D eigenvalue weighted by molar-refractivity contribution is 7.99. The van der Waals surface area contributed by atoms with E-state index in [-0.39, 0.29) is 11.4 Å². The first-order chi connectivity index (χ1) is 17.0. The van der Waals surface area contributed by atoms with Crippen LogP contribution in [0.15, 0.2) is 59.5 Å². The summed E-state index contributed by atoms with van der Waals surface area (Å²) in [6.45, 7) is 5.35. The van der Waals surface area contributed by atoms with Gasteiger partial charge in [0.25, 0.3) is 0 Å². The summed E-state index contributed by atoms with van der Waals surface area (Å²) in [7, 11) is 0. The van der Waals surface area contributed by atoms with Crippen LogP contribution in [0.25, 0.3) is 11.3 Å². The van der Waals surface area contributed by atoms with Crippen LogP contribution < -0.4 is 10.2 Å². The van der Waals surface area contributed by atoms with Gasteiger partial charge in [0.1, 0.15) is 0 Å². The third-order valence-corrected chi connectivity index (χ3v) is 8.14. The van der Waals surface area contributed by atoms with Gasteiger partial charge in [-0.1, -0.05) is 38.0 Å². The first-order valence-electron chi connectivity index (χ1n) is 12.3. The van der Waals surface area contributed by atoms with Crippen molar-refractivity contribution in [1.82, 2.24) is 10.3 Å². The largest absolute Gasteiger partial charge is 0.334 e. The Balaban J connectivity index is 1.40. The normalized spacial score (nSPS) is 15.7. The number of thioether (sulfide) groups is 1. The highest BCUT2D eigenvalue weighted by Crippen LogP contribution is 2.50. The fourth-order valence-corrected chi connectivity index (χ4v) is 6.13. The van der Waals surface area contributed by atoms with Crippen LogP contribution in [0.5, 0.6) is 0 Å². The first kappa shape index (κ1) is 23.4. The Morgan fingerprint density at radius 1 is 1.14 bits per heavy atom. The number of aromatic nitrogens is 1. The third kappa shape index (κ3) is 4.53. The van der Waals surface area contributed by atoms with Crippen molar-refractivity contribution >= 4 is 23.5 Å². The van der Waals surface area contributed by atoms with Gasteiger partial charge in [-0.25, -0.2) is 9.78 Å². The number of carbonyl (C=O) groups is 1. The van der Waals surface area contributed by atoms with Crippen molar-refractivity contribution in [2.75, 3.05) is 17.2 Å². The molecule has 0 bridgehead atoms. The number of rotatable bonds is 5. The average molecular weight is 483 g/mol. The van der Waals surface area contributed by atoms with E-state index < -0.39 is 0 Å². The number of nitriles is 1. The number of aryl methyl sites for hydroxylation is 1. The molecule has 1 aliphatic carbocycles. The molecule has 2 heterocycles. The second kappa shape index (κ2) is 9.75. The Hall–Kier alpha value is -3.30. The van der Waals surface area contributed by atoms with Crippen LogP contribution in [0.3, 0.4) is 0 Å². The number of hydrogen-bond donors (Lipinski definition) is 1. The molecule has 1 spiro atoms. The van der Waals surface area contributed by atoms with E-state index in [4.69, 9.17) is 4.98 Å². The highest BCUT2D eigenvalue weighted by Gasteiger charge is 2.47. The lowest BCUT2D eigenvalue weighted by Crippen LogP contribution is -2.41. The van der Waals surface area contributed by atoms with Gasteiger partial charge in [-0.05, 0) is 73.0 Å². The minimum absolute atomic E-state index is 0.0638. The van der Waals surface area contributed by atoms with Gasteiger partial charge in [0.15, 0.2) is 0 Å². The summed E-state index contributed by atoms with van der Waals surface area (Å²) in [6.07, 6.45) is 4.45. The van der Waals surface area contributed by atoms with Crippen LogP contribution in [-0.4, -0.2) is 23.3 Å². The number of nitrogens with zero attached hydrogens (tertiary/aromatic N) is 3. The molecule has 0 unspecified atom stereocenters. The average Bonchev–Trinajstić information content (AvgIpc) is 3.48. The van der Waals surface area contributed by atoms with Gasteiger partial charge in [0.05, 0.1) is 28.7 Å². The molecule has 1 aliphatic heterocycles. The van der Waals surface area contributed by atoms with Crippen LogP contribution in [0.1, 0.15) is 55.0 Å². The smallest absolute Gasteiger partial charge is 0.322 e. The number of hydrogen-bond acceptors (Lipinski definition) is 4. The fraction of sp³-hybridized carbons (Fsp3) is 0.345. The van der Waals surface area contributed by atoms with Crippen molar-refractivity contribution in [1.29, 1.82) is 5.26 Å². The standard InChI is InChI=1S/C29H30N4OS/c1-3-35-23-9-6-21(7-10-23)18-31-28(34)33-19-29(14-4-5-15-29)27-26(33)13-12-25(32-27)24-11-8-22(17-30)16-20(24)2/h6-13,16H,3-5,14-15,18-19H2,1-2H3,(H,31,34). The van der Waals surface area contributed by atoms with Gasteiger partial charge < -0.3 is 5.32 Å². The molecular formula is C29H30N4OS. The molecule has 0 saturated heterocycles. The summed E-state index contributed by atoms with van der Waals surface area (Å²) in [4.78, 5) is 21.6. The quantitative estimate of drug-likeness (QED) is 0.417. The topological polar surface area (TPSA) is 69.0 Å². The van der Waals surface area contributed by atoms with E-state index in [0.29, 0.717) is 18.7 Å². The summed E-state index contributed by atoms with van der Waals surface area (Å²) in [6, 6.07) is 20.3. The van der Waals surface area contributed by atoms with Crippen LogP contribution in [0.2, 0.25) is 0 Å². The van der Waals surface area contributed by atoms with Gasteiger partial charge >= 0.3 is 6.03 Å². The van der Waals surface area contributed by atoms with E-state index in [2.05, 4.69) is 48.6 Å². The number of benzene rings is 2. The van der Waals surface area contributed by atoms with Gasteiger partial charge in [-0.3, -0.25) is 4.90 Å². The van der Waals surface area contributed by atoms with Gasteiger partial charge in [0, 0.05) is 29.0 Å². The van der Waals surface area contributed by atoms with E-state index in [9.17, 15) is 10.1 Å². The Morgan fingerprint density at radius 3 is 2.60 bits per heavy atom. The van der Waals surface area contributed by atoms with Crippen molar-refractivity contribution in [3.8, 4) is 17.3 Å². The van der Waals surface area contributed by atoms with Crippen molar-refractivity contribution in [2.45, 2.75) is 56.4 Å². The lowest BCUT2D eigenvalue weighted by Gasteiger charge is -2.24. The van der Waals surface area contributed by atoms with Crippen LogP contribution in [0, 0.1) is 18.3 Å².